The molecule has 0 atom stereocenters. The fraction of sp³-hybridized carbons (Fsp3) is 0.0909. The van der Waals surface area contributed by atoms with Crippen LogP contribution in [0.1, 0.15) is 5.69 Å². The third-order valence-electron chi connectivity index (χ3n) is 2.01. The molecule has 2 heterocycles. The second kappa shape index (κ2) is 4.76. The second-order valence-electron chi connectivity index (χ2n) is 3.03. The molecular formula is C11H9BrN2OS. The zero-order valence-corrected chi connectivity index (χ0v) is 11.0. The van der Waals surface area contributed by atoms with Gasteiger partial charge in [0, 0.05) is 17.1 Å². The summed E-state index contributed by atoms with van der Waals surface area (Å²) < 4.78 is 5.84. The maximum absolute atomic E-state index is 5.04. The van der Waals surface area contributed by atoms with Gasteiger partial charge in [0.2, 0.25) is 0 Å². The molecule has 0 aromatic carbocycles. The Kier molecular flexibility index (Phi) is 3.36. The smallest absolute Gasteiger partial charge is 0.138 e. The van der Waals surface area contributed by atoms with E-state index in [0.29, 0.717) is 5.76 Å². The van der Waals surface area contributed by atoms with Gasteiger partial charge in [0.05, 0.1) is 7.11 Å². The Morgan fingerprint density at radius 3 is 3.06 bits per heavy atom. The summed E-state index contributed by atoms with van der Waals surface area (Å²) in [6.45, 7) is 3.77. The SMILES string of the molecule is C=C(OC)c1csc(-c2ccnc(Br)c2)n1. The summed E-state index contributed by atoms with van der Waals surface area (Å²) in [4.78, 5) is 8.51. The number of methoxy groups -OCH3 is 1. The van der Waals surface area contributed by atoms with Gasteiger partial charge in [-0.15, -0.1) is 11.3 Å². The molecule has 5 heteroatoms. The molecule has 0 amide bonds. The van der Waals surface area contributed by atoms with Gasteiger partial charge in [-0.1, -0.05) is 6.58 Å². The molecule has 2 aromatic heterocycles. The highest BCUT2D eigenvalue weighted by Gasteiger charge is 2.07. The largest absolute Gasteiger partial charge is 0.495 e. The maximum atomic E-state index is 5.04. The third-order valence-corrected chi connectivity index (χ3v) is 3.33. The van der Waals surface area contributed by atoms with Crippen molar-refractivity contribution in [2.45, 2.75) is 0 Å². The molecule has 0 aliphatic rings. The number of aromatic nitrogens is 2. The van der Waals surface area contributed by atoms with Gasteiger partial charge in [-0.05, 0) is 28.1 Å². The molecule has 2 aromatic rings. The molecule has 0 aliphatic carbocycles. The number of hydrogen-bond acceptors (Lipinski definition) is 4. The Balaban J connectivity index is 2.35. The Labute approximate surface area is 106 Å². The lowest BCUT2D eigenvalue weighted by molar-refractivity contribution is 0.370. The van der Waals surface area contributed by atoms with E-state index >= 15 is 0 Å². The van der Waals surface area contributed by atoms with Crippen molar-refractivity contribution in [1.82, 2.24) is 9.97 Å². The van der Waals surface area contributed by atoms with Gasteiger partial charge >= 0.3 is 0 Å². The van der Waals surface area contributed by atoms with Crippen LogP contribution in [0.15, 0.2) is 34.9 Å². The van der Waals surface area contributed by atoms with Crippen LogP contribution in [-0.2, 0) is 4.74 Å². The predicted molar refractivity (Wildman–Crippen MR) is 69.1 cm³/mol. The minimum absolute atomic E-state index is 0.579. The quantitative estimate of drug-likeness (QED) is 0.641. The number of thiazole rings is 1. The molecule has 0 bridgehead atoms. The molecule has 2 rings (SSSR count). The van der Waals surface area contributed by atoms with Crippen molar-refractivity contribution >= 4 is 33.0 Å². The second-order valence-corrected chi connectivity index (χ2v) is 4.70. The van der Waals surface area contributed by atoms with E-state index in [-0.39, 0.29) is 0 Å². The first-order valence-corrected chi connectivity index (χ1v) is 6.18. The number of halogens is 1. The van der Waals surface area contributed by atoms with E-state index < -0.39 is 0 Å². The summed E-state index contributed by atoms with van der Waals surface area (Å²) >= 11 is 4.89. The molecule has 82 valence electrons. The van der Waals surface area contributed by atoms with Crippen molar-refractivity contribution < 1.29 is 4.74 Å². The highest BCUT2D eigenvalue weighted by molar-refractivity contribution is 9.10. The summed E-state index contributed by atoms with van der Waals surface area (Å²) in [5, 5.41) is 2.85. The first kappa shape index (κ1) is 11.3. The first-order valence-electron chi connectivity index (χ1n) is 4.51. The molecule has 0 saturated heterocycles. The summed E-state index contributed by atoms with van der Waals surface area (Å²) in [7, 11) is 1.59. The van der Waals surface area contributed by atoms with Crippen LogP contribution in [0.2, 0.25) is 0 Å². The van der Waals surface area contributed by atoms with Crippen molar-refractivity contribution in [2.24, 2.45) is 0 Å². The molecule has 0 unspecified atom stereocenters. The van der Waals surface area contributed by atoms with Crippen LogP contribution < -0.4 is 0 Å². The Morgan fingerprint density at radius 2 is 2.38 bits per heavy atom. The minimum atomic E-state index is 0.579. The summed E-state index contributed by atoms with van der Waals surface area (Å²) in [5.41, 5.74) is 1.80. The van der Waals surface area contributed by atoms with E-state index in [4.69, 9.17) is 4.74 Å². The number of pyridine rings is 1. The monoisotopic (exact) mass is 296 g/mol. The lowest BCUT2D eigenvalue weighted by Gasteiger charge is -1.98. The van der Waals surface area contributed by atoms with E-state index in [2.05, 4.69) is 32.5 Å². The molecule has 0 radical (unpaired) electrons. The van der Waals surface area contributed by atoms with Gasteiger partial charge in [0.25, 0.3) is 0 Å². The maximum Gasteiger partial charge on any atom is 0.138 e. The van der Waals surface area contributed by atoms with E-state index in [1.165, 1.54) is 0 Å². The number of rotatable bonds is 3. The molecule has 0 aliphatic heterocycles. The van der Waals surface area contributed by atoms with Gasteiger partial charge in [0.1, 0.15) is 21.1 Å². The topological polar surface area (TPSA) is 35.0 Å². The van der Waals surface area contributed by atoms with Crippen LogP contribution in [0.25, 0.3) is 16.3 Å². The molecular weight excluding hydrogens is 288 g/mol. The minimum Gasteiger partial charge on any atom is -0.495 e. The van der Waals surface area contributed by atoms with E-state index in [1.54, 1.807) is 24.6 Å². The molecule has 0 fully saturated rings. The molecule has 0 N–H and O–H groups in total. The van der Waals surface area contributed by atoms with Crippen LogP contribution in [0, 0.1) is 0 Å². The zero-order chi connectivity index (χ0) is 11.5. The molecule has 0 spiro atoms. The Morgan fingerprint density at radius 1 is 1.56 bits per heavy atom. The highest BCUT2D eigenvalue weighted by Crippen LogP contribution is 2.27. The van der Waals surface area contributed by atoms with Gasteiger partial charge < -0.3 is 4.74 Å². The molecule has 16 heavy (non-hydrogen) atoms. The van der Waals surface area contributed by atoms with Crippen LogP contribution in [0.5, 0.6) is 0 Å². The van der Waals surface area contributed by atoms with Crippen molar-refractivity contribution in [1.29, 1.82) is 0 Å². The van der Waals surface area contributed by atoms with Crippen molar-refractivity contribution in [3.05, 3.63) is 40.6 Å². The van der Waals surface area contributed by atoms with E-state index in [1.807, 2.05) is 17.5 Å². The van der Waals surface area contributed by atoms with Crippen LogP contribution in [0.4, 0.5) is 0 Å². The van der Waals surface area contributed by atoms with Gasteiger partial charge in [-0.25, -0.2) is 9.97 Å². The van der Waals surface area contributed by atoms with Gasteiger partial charge in [0.15, 0.2) is 0 Å². The number of ether oxygens (including phenoxy) is 1. The first-order chi connectivity index (χ1) is 7.70. The van der Waals surface area contributed by atoms with Crippen LogP contribution >= 0.6 is 27.3 Å². The fourth-order valence-electron chi connectivity index (χ4n) is 1.17. The van der Waals surface area contributed by atoms with E-state index in [9.17, 15) is 0 Å². The summed E-state index contributed by atoms with van der Waals surface area (Å²) in [6.07, 6.45) is 1.74. The average molecular weight is 297 g/mol. The van der Waals surface area contributed by atoms with Crippen molar-refractivity contribution in [3.8, 4) is 10.6 Å². The highest BCUT2D eigenvalue weighted by atomic mass is 79.9. The van der Waals surface area contributed by atoms with E-state index in [0.717, 1.165) is 20.9 Å². The third kappa shape index (κ3) is 2.31. The number of hydrogen-bond donors (Lipinski definition) is 0. The fourth-order valence-corrected chi connectivity index (χ4v) is 2.36. The summed E-state index contributed by atoms with van der Waals surface area (Å²) in [6, 6.07) is 3.85. The van der Waals surface area contributed by atoms with Crippen molar-refractivity contribution in [2.75, 3.05) is 7.11 Å². The lowest BCUT2D eigenvalue weighted by atomic mass is 10.3. The van der Waals surface area contributed by atoms with Crippen molar-refractivity contribution in [3.63, 3.8) is 0 Å². The van der Waals surface area contributed by atoms with Gasteiger partial charge in [-0.2, -0.15) is 0 Å². The van der Waals surface area contributed by atoms with Crippen LogP contribution in [-0.4, -0.2) is 17.1 Å². The Bertz CT molecular complexity index is 524. The molecule has 3 nitrogen and oxygen atoms in total. The normalized spacial score (nSPS) is 10.1. The molecule has 0 saturated carbocycles. The predicted octanol–water partition coefficient (Wildman–Crippen LogP) is 3.58. The lowest BCUT2D eigenvalue weighted by Crippen LogP contribution is -1.85. The van der Waals surface area contributed by atoms with Crippen LogP contribution in [0.3, 0.4) is 0 Å². The van der Waals surface area contributed by atoms with Gasteiger partial charge in [-0.3, -0.25) is 0 Å². The zero-order valence-electron chi connectivity index (χ0n) is 8.61. The average Bonchev–Trinajstić information content (AvgIpc) is 2.77. The standard InChI is InChI=1S/C11H9BrN2OS/c1-7(15-2)9-6-16-11(14-9)8-3-4-13-10(12)5-8/h3-6H,1H2,2H3. The Hall–Kier alpha value is -1.20. The number of nitrogens with zero attached hydrogens (tertiary/aromatic N) is 2. The summed E-state index contributed by atoms with van der Waals surface area (Å²) in [5.74, 6) is 0.579.